The molecule has 0 aliphatic heterocycles. The van der Waals surface area contributed by atoms with Crippen molar-refractivity contribution in [3.8, 4) is 0 Å². The van der Waals surface area contributed by atoms with Crippen molar-refractivity contribution >= 4 is 33.9 Å². The molecule has 2 N–H and O–H groups in total. The van der Waals surface area contributed by atoms with Crippen LogP contribution in [-0.4, -0.2) is 17.3 Å². The molecule has 1 atom stereocenters. The van der Waals surface area contributed by atoms with E-state index in [0.717, 1.165) is 11.1 Å². The Hall–Kier alpha value is -4.19. The zero-order chi connectivity index (χ0) is 26.2. The summed E-state index contributed by atoms with van der Waals surface area (Å²) in [4.78, 5) is 25.9. The number of hydrogen-bond acceptors (Lipinski definition) is 6. The minimum Gasteiger partial charge on any atom is -0.456 e. The van der Waals surface area contributed by atoms with Gasteiger partial charge in [0.1, 0.15) is 16.9 Å². The van der Waals surface area contributed by atoms with E-state index >= 15 is 0 Å². The second-order valence-corrected chi connectivity index (χ2v) is 9.99. The van der Waals surface area contributed by atoms with Crippen molar-refractivity contribution < 1.29 is 13.9 Å². The number of allylic oxidation sites excluding steroid dienone is 5. The van der Waals surface area contributed by atoms with E-state index in [1.807, 2.05) is 58.9 Å². The van der Waals surface area contributed by atoms with Gasteiger partial charge < -0.3 is 19.9 Å². The predicted molar refractivity (Wildman–Crippen MR) is 145 cm³/mol. The third kappa shape index (κ3) is 5.23. The van der Waals surface area contributed by atoms with Gasteiger partial charge in [0.05, 0.1) is 22.7 Å². The summed E-state index contributed by atoms with van der Waals surface area (Å²) in [6, 6.07) is 12.2. The molecule has 0 bridgehead atoms. The molecule has 1 aliphatic carbocycles. The number of fused-ring (bicyclic) bond motifs is 1. The summed E-state index contributed by atoms with van der Waals surface area (Å²) in [7, 11) is 0. The fraction of sp³-hybridized carbons (Fsp3) is 0.233. The zero-order valence-corrected chi connectivity index (χ0v) is 21.2. The average Bonchev–Trinajstić information content (AvgIpc) is 2.80. The van der Waals surface area contributed by atoms with Crippen LogP contribution in [0.2, 0.25) is 0 Å². The number of anilines is 1. The molecular formula is C30H30N2O4. The number of nitrogens with one attached hydrogen (secondary N) is 2. The number of para-hydroxylation sites is 1. The SMILES string of the molecule is C=C1C=C(c2cc(=O)c3cc(C)cc(C(C)Nc4ccccc4C(=O)OC(C)(C)C)c3o2)C=CC1=N. The number of carbonyl (C=O) groups is 1. The van der Waals surface area contributed by atoms with Crippen molar-refractivity contribution in [1.82, 2.24) is 0 Å². The van der Waals surface area contributed by atoms with Gasteiger partial charge in [0, 0.05) is 22.9 Å². The van der Waals surface area contributed by atoms with Crippen molar-refractivity contribution in [3.63, 3.8) is 0 Å². The highest BCUT2D eigenvalue weighted by Crippen LogP contribution is 2.31. The van der Waals surface area contributed by atoms with Gasteiger partial charge in [-0.1, -0.05) is 24.8 Å². The van der Waals surface area contributed by atoms with E-state index in [1.165, 1.54) is 6.07 Å². The van der Waals surface area contributed by atoms with Crippen LogP contribution in [0.25, 0.3) is 16.5 Å². The Balaban J connectivity index is 1.77. The molecule has 2 aromatic carbocycles. The quantitative estimate of drug-likeness (QED) is 0.392. The third-order valence-electron chi connectivity index (χ3n) is 5.78. The zero-order valence-electron chi connectivity index (χ0n) is 21.2. The lowest BCUT2D eigenvalue weighted by Gasteiger charge is -2.23. The van der Waals surface area contributed by atoms with Gasteiger partial charge in [-0.15, -0.1) is 0 Å². The lowest BCUT2D eigenvalue weighted by atomic mass is 9.98. The molecule has 0 spiro atoms. The largest absolute Gasteiger partial charge is 0.456 e. The van der Waals surface area contributed by atoms with E-state index in [-0.39, 0.29) is 11.5 Å². The normalized spacial score (nSPS) is 14.5. The van der Waals surface area contributed by atoms with Gasteiger partial charge in [0.25, 0.3) is 0 Å². The van der Waals surface area contributed by atoms with Gasteiger partial charge in [-0.2, -0.15) is 0 Å². The number of carbonyl (C=O) groups excluding carboxylic acids is 1. The van der Waals surface area contributed by atoms with Gasteiger partial charge in [-0.3, -0.25) is 4.79 Å². The molecule has 1 heterocycles. The van der Waals surface area contributed by atoms with Gasteiger partial charge in [-0.25, -0.2) is 4.79 Å². The summed E-state index contributed by atoms with van der Waals surface area (Å²) >= 11 is 0. The number of hydrogen-bond donors (Lipinski definition) is 2. The summed E-state index contributed by atoms with van der Waals surface area (Å²) in [5, 5.41) is 11.8. The Bertz CT molecular complexity index is 1520. The lowest BCUT2D eigenvalue weighted by molar-refractivity contribution is 0.00706. The van der Waals surface area contributed by atoms with Crippen LogP contribution in [0.3, 0.4) is 0 Å². The van der Waals surface area contributed by atoms with Crippen LogP contribution in [-0.2, 0) is 4.74 Å². The molecule has 36 heavy (non-hydrogen) atoms. The second-order valence-electron chi connectivity index (χ2n) is 9.99. The van der Waals surface area contributed by atoms with Crippen LogP contribution < -0.4 is 10.7 Å². The first-order valence-electron chi connectivity index (χ1n) is 11.8. The lowest BCUT2D eigenvalue weighted by Crippen LogP contribution is -2.24. The van der Waals surface area contributed by atoms with E-state index in [0.29, 0.717) is 44.8 Å². The standard InChI is InChI=1S/C30H30N2O4/c1-17-13-22(19(3)32-25-10-8-7-9-21(25)29(34)36-30(4,5)6)28-23(14-17)26(33)16-27(35-28)20-11-12-24(31)18(2)15-20/h7-16,19,31-32H,2H2,1,3-6H3. The van der Waals surface area contributed by atoms with Crippen molar-refractivity contribution in [2.24, 2.45) is 0 Å². The Morgan fingerprint density at radius 1 is 1.14 bits per heavy atom. The number of esters is 1. The van der Waals surface area contributed by atoms with Crippen molar-refractivity contribution in [2.75, 3.05) is 5.32 Å². The van der Waals surface area contributed by atoms with Crippen LogP contribution >= 0.6 is 0 Å². The average molecular weight is 483 g/mol. The summed E-state index contributed by atoms with van der Waals surface area (Å²) in [6.45, 7) is 13.3. The second kappa shape index (κ2) is 9.46. The highest BCUT2D eigenvalue weighted by Gasteiger charge is 2.22. The Morgan fingerprint density at radius 3 is 2.56 bits per heavy atom. The molecule has 0 saturated heterocycles. The fourth-order valence-corrected chi connectivity index (χ4v) is 4.08. The first kappa shape index (κ1) is 24.9. The van der Waals surface area contributed by atoms with Gasteiger partial charge >= 0.3 is 5.97 Å². The highest BCUT2D eigenvalue weighted by atomic mass is 16.6. The van der Waals surface area contributed by atoms with Gasteiger partial charge in [0.15, 0.2) is 5.43 Å². The Labute approximate surface area is 210 Å². The third-order valence-corrected chi connectivity index (χ3v) is 5.78. The molecule has 184 valence electrons. The molecule has 1 aromatic heterocycles. The Kier molecular flexibility index (Phi) is 6.55. The number of ether oxygens (including phenoxy) is 1. The van der Waals surface area contributed by atoms with Gasteiger partial charge in [-0.05, 0) is 82.2 Å². The number of benzene rings is 2. The van der Waals surface area contributed by atoms with Crippen molar-refractivity contribution in [1.29, 1.82) is 5.41 Å². The maximum atomic E-state index is 13.1. The van der Waals surface area contributed by atoms with Crippen LogP contribution in [0.5, 0.6) is 0 Å². The van der Waals surface area contributed by atoms with E-state index in [9.17, 15) is 9.59 Å². The molecule has 6 nitrogen and oxygen atoms in total. The number of rotatable bonds is 5. The molecule has 3 aromatic rings. The van der Waals surface area contributed by atoms with E-state index < -0.39 is 11.6 Å². The first-order valence-corrected chi connectivity index (χ1v) is 11.8. The van der Waals surface area contributed by atoms with Crippen LogP contribution in [0, 0.1) is 12.3 Å². The monoisotopic (exact) mass is 482 g/mol. The highest BCUT2D eigenvalue weighted by molar-refractivity contribution is 6.12. The smallest absolute Gasteiger partial charge is 0.340 e. The molecule has 4 rings (SSSR count). The first-order chi connectivity index (χ1) is 16.9. The van der Waals surface area contributed by atoms with E-state index in [4.69, 9.17) is 14.6 Å². The molecule has 1 unspecified atom stereocenters. The van der Waals surface area contributed by atoms with Crippen molar-refractivity contribution in [3.05, 3.63) is 106 Å². The molecule has 1 aliphatic rings. The van der Waals surface area contributed by atoms with E-state index in [1.54, 1.807) is 30.4 Å². The summed E-state index contributed by atoms with van der Waals surface area (Å²) in [5.41, 5.74) is 4.01. The van der Waals surface area contributed by atoms with Crippen LogP contribution in [0.15, 0.2) is 82.1 Å². The molecule has 0 saturated carbocycles. The molecule has 0 amide bonds. The topological polar surface area (TPSA) is 92.4 Å². The number of aryl methyl sites for hydroxylation is 1. The molecular weight excluding hydrogens is 452 g/mol. The van der Waals surface area contributed by atoms with Gasteiger partial charge in [0.2, 0.25) is 0 Å². The van der Waals surface area contributed by atoms with Crippen LogP contribution in [0.1, 0.15) is 61.0 Å². The predicted octanol–water partition coefficient (Wildman–Crippen LogP) is 6.76. The Morgan fingerprint density at radius 2 is 1.86 bits per heavy atom. The van der Waals surface area contributed by atoms with Crippen molar-refractivity contribution in [2.45, 2.75) is 46.3 Å². The molecule has 6 heteroatoms. The summed E-state index contributed by atoms with van der Waals surface area (Å²) in [5.74, 6) is -0.00797. The summed E-state index contributed by atoms with van der Waals surface area (Å²) in [6.07, 6.45) is 5.11. The maximum absolute atomic E-state index is 13.1. The summed E-state index contributed by atoms with van der Waals surface area (Å²) < 4.78 is 11.9. The molecule has 0 fully saturated rings. The fourth-order valence-electron chi connectivity index (χ4n) is 4.08. The molecule has 0 radical (unpaired) electrons. The van der Waals surface area contributed by atoms with Crippen LogP contribution in [0.4, 0.5) is 5.69 Å². The van der Waals surface area contributed by atoms with E-state index in [2.05, 4.69) is 11.9 Å². The maximum Gasteiger partial charge on any atom is 0.340 e. The minimum atomic E-state index is -0.617. The minimum absolute atomic E-state index is 0.155.